The number of rotatable bonds is 9. The molecule has 0 radical (unpaired) electrons. The fourth-order valence-corrected chi connectivity index (χ4v) is 3.19. The summed E-state index contributed by atoms with van der Waals surface area (Å²) in [5.74, 6) is 7.23. The average Bonchev–Trinajstić information content (AvgIpc) is 3.06. The van der Waals surface area contributed by atoms with Crippen LogP contribution in [0.3, 0.4) is 0 Å². The predicted molar refractivity (Wildman–Crippen MR) is 110 cm³/mol. The number of halogens is 1. The number of hydrogen-bond donors (Lipinski definition) is 2. The van der Waals surface area contributed by atoms with Crippen LogP contribution in [0.2, 0.25) is 5.02 Å². The molecule has 28 heavy (non-hydrogen) atoms. The van der Waals surface area contributed by atoms with Crippen molar-refractivity contribution in [1.82, 2.24) is 20.2 Å². The van der Waals surface area contributed by atoms with E-state index in [-0.39, 0.29) is 18.3 Å². The molecule has 1 aromatic heterocycles. The third-order valence-corrected chi connectivity index (χ3v) is 5.02. The van der Waals surface area contributed by atoms with Crippen LogP contribution in [0, 0.1) is 0 Å². The number of nitrogens with two attached hydrogens (primary N) is 1. The van der Waals surface area contributed by atoms with Crippen molar-refractivity contribution in [1.29, 1.82) is 0 Å². The molecule has 3 N–H and O–H groups in total. The van der Waals surface area contributed by atoms with Crippen molar-refractivity contribution in [2.75, 3.05) is 18.1 Å². The summed E-state index contributed by atoms with van der Waals surface area (Å²) < 4.78 is 6.94. The fraction of sp³-hybridized carbons (Fsp3) is 0.211. The van der Waals surface area contributed by atoms with E-state index in [2.05, 4.69) is 15.5 Å². The number of nitrogen functional groups attached to an aromatic ring is 1. The van der Waals surface area contributed by atoms with E-state index in [1.165, 1.54) is 22.0 Å². The number of carbonyl (C=O) groups excluding carboxylic acids is 1. The third-order valence-electron chi connectivity index (χ3n) is 3.83. The van der Waals surface area contributed by atoms with E-state index in [1.807, 2.05) is 30.3 Å². The first kappa shape index (κ1) is 20.0. The SMILES string of the molecule is Nn1c(COc2ccc(Cl)cc2)nnc1SCC(=O)NCCc1ccccc1. The van der Waals surface area contributed by atoms with Gasteiger partial charge in [0.2, 0.25) is 11.1 Å². The van der Waals surface area contributed by atoms with Crippen LogP contribution in [0.1, 0.15) is 11.4 Å². The molecule has 146 valence electrons. The van der Waals surface area contributed by atoms with Crippen molar-refractivity contribution in [3.05, 3.63) is 71.0 Å². The van der Waals surface area contributed by atoms with E-state index < -0.39 is 0 Å². The lowest BCUT2D eigenvalue weighted by Crippen LogP contribution is -2.27. The van der Waals surface area contributed by atoms with Gasteiger partial charge >= 0.3 is 0 Å². The number of nitrogens with one attached hydrogen (secondary N) is 1. The predicted octanol–water partition coefficient (Wildman–Crippen LogP) is 2.68. The Balaban J connectivity index is 1.42. The van der Waals surface area contributed by atoms with Crippen molar-refractivity contribution in [3.8, 4) is 5.75 Å². The summed E-state index contributed by atoms with van der Waals surface area (Å²) in [5.41, 5.74) is 1.18. The standard InChI is InChI=1S/C19H20ClN5O2S/c20-15-6-8-16(9-7-15)27-12-17-23-24-19(25(17)21)28-13-18(26)22-11-10-14-4-2-1-3-5-14/h1-9H,10-13,21H2,(H,22,26). The Morgan fingerprint density at radius 3 is 2.64 bits per heavy atom. The third kappa shape index (κ3) is 5.90. The van der Waals surface area contributed by atoms with Gasteiger partial charge in [0.1, 0.15) is 12.4 Å². The largest absolute Gasteiger partial charge is 0.486 e. The summed E-state index contributed by atoms with van der Waals surface area (Å²) in [5, 5.41) is 12.0. The first-order valence-electron chi connectivity index (χ1n) is 8.63. The van der Waals surface area contributed by atoms with E-state index in [4.69, 9.17) is 22.2 Å². The minimum atomic E-state index is -0.0807. The Labute approximate surface area is 172 Å². The molecule has 3 rings (SSSR count). The van der Waals surface area contributed by atoms with Gasteiger partial charge in [-0.2, -0.15) is 0 Å². The zero-order valence-electron chi connectivity index (χ0n) is 15.0. The number of hydrogen-bond acceptors (Lipinski definition) is 6. The maximum atomic E-state index is 12.0. The number of carbonyl (C=O) groups is 1. The summed E-state index contributed by atoms with van der Waals surface area (Å²) in [6, 6.07) is 17.0. The lowest BCUT2D eigenvalue weighted by Gasteiger charge is -2.07. The molecule has 0 saturated carbocycles. The molecule has 0 aliphatic carbocycles. The minimum Gasteiger partial charge on any atom is -0.486 e. The van der Waals surface area contributed by atoms with Gasteiger partial charge < -0.3 is 15.9 Å². The molecule has 1 amide bonds. The van der Waals surface area contributed by atoms with E-state index in [0.717, 1.165) is 6.42 Å². The number of amides is 1. The van der Waals surface area contributed by atoms with Gasteiger partial charge in [0.25, 0.3) is 0 Å². The van der Waals surface area contributed by atoms with E-state index in [0.29, 0.717) is 28.3 Å². The molecule has 2 aromatic carbocycles. The Hall–Kier alpha value is -2.71. The van der Waals surface area contributed by atoms with E-state index >= 15 is 0 Å². The maximum absolute atomic E-state index is 12.0. The summed E-state index contributed by atoms with van der Waals surface area (Å²) in [6.45, 7) is 0.744. The molecule has 0 aliphatic rings. The van der Waals surface area contributed by atoms with Crippen LogP contribution in [0.25, 0.3) is 0 Å². The highest BCUT2D eigenvalue weighted by Gasteiger charge is 2.12. The van der Waals surface area contributed by atoms with Crippen LogP contribution >= 0.6 is 23.4 Å². The molecule has 0 unspecified atom stereocenters. The van der Waals surface area contributed by atoms with Crippen LogP contribution < -0.4 is 15.9 Å². The van der Waals surface area contributed by atoms with Crippen molar-refractivity contribution >= 4 is 29.3 Å². The fourth-order valence-electron chi connectivity index (χ4n) is 2.35. The number of ether oxygens (including phenoxy) is 1. The zero-order chi connectivity index (χ0) is 19.8. The van der Waals surface area contributed by atoms with Crippen molar-refractivity contribution in [3.63, 3.8) is 0 Å². The summed E-state index contributed by atoms with van der Waals surface area (Å²) >= 11 is 7.07. The molecule has 0 bridgehead atoms. The van der Waals surface area contributed by atoms with Gasteiger partial charge in [0.05, 0.1) is 5.75 Å². The highest BCUT2D eigenvalue weighted by atomic mass is 35.5. The zero-order valence-corrected chi connectivity index (χ0v) is 16.6. The number of thioether (sulfide) groups is 1. The van der Waals surface area contributed by atoms with Crippen LogP contribution in [0.15, 0.2) is 59.8 Å². The Morgan fingerprint density at radius 1 is 1.14 bits per heavy atom. The number of benzene rings is 2. The summed E-state index contributed by atoms with van der Waals surface area (Å²) in [7, 11) is 0. The van der Waals surface area contributed by atoms with Gasteiger partial charge in [-0.1, -0.05) is 53.7 Å². The first-order valence-corrected chi connectivity index (χ1v) is 9.99. The van der Waals surface area contributed by atoms with Gasteiger partial charge in [-0.25, -0.2) is 4.68 Å². The Morgan fingerprint density at radius 2 is 1.89 bits per heavy atom. The molecule has 9 heteroatoms. The van der Waals surface area contributed by atoms with Crippen LogP contribution in [0.4, 0.5) is 0 Å². The summed E-state index contributed by atoms with van der Waals surface area (Å²) in [6.07, 6.45) is 0.788. The van der Waals surface area contributed by atoms with Crippen LogP contribution in [-0.4, -0.2) is 33.1 Å². The molecule has 0 aliphatic heterocycles. The second-order valence-corrected chi connectivity index (χ2v) is 7.26. The summed E-state index contributed by atoms with van der Waals surface area (Å²) in [4.78, 5) is 12.0. The normalized spacial score (nSPS) is 10.6. The smallest absolute Gasteiger partial charge is 0.230 e. The quantitative estimate of drug-likeness (QED) is 0.410. The molecular weight excluding hydrogens is 398 g/mol. The van der Waals surface area contributed by atoms with E-state index in [9.17, 15) is 4.79 Å². The van der Waals surface area contributed by atoms with Crippen molar-refractivity contribution in [2.45, 2.75) is 18.2 Å². The average molecular weight is 418 g/mol. The highest BCUT2D eigenvalue weighted by molar-refractivity contribution is 7.99. The Kier molecular flexibility index (Phi) is 7.16. The molecule has 0 atom stereocenters. The number of aromatic nitrogens is 3. The molecule has 0 spiro atoms. The molecular formula is C19H20ClN5O2S. The van der Waals surface area contributed by atoms with Crippen LogP contribution in [0.5, 0.6) is 5.75 Å². The van der Waals surface area contributed by atoms with E-state index in [1.54, 1.807) is 24.3 Å². The number of nitrogens with zero attached hydrogens (tertiary/aromatic N) is 3. The lowest BCUT2D eigenvalue weighted by molar-refractivity contribution is -0.118. The van der Waals surface area contributed by atoms with Gasteiger partial charge in [0.15, 0.2) is 5.82 Å². The second-order valence-electron chi connectivity index (χ2n) is 5.89. The van der Waals surface area contributed by atoms with Gasteiger partial charge in [-0.15, -0.1) is 10.2 Å². The molecule has 7 nitrogen and oxygen atoms in total. The van der Waals surface area contributed by atoms with Crippen LogP contribution in [-0.2, 0) is 17.8 Å². The molecule has 0 saturated heterocycles. The van der Waals surface area contributed by atoms with Gasteiger partial charge in [-0.3, -0.25) is 4.79 Å². The topological polar surface area (TPSA) is 95.1 Å². The Bertz CT molecular complexity index is 902. The molecule has 0 fully saturated rings. The highest BCUT2D eigenvalue weighted by Crippen LogP contribution is 2.18. The second kappa shape index (κ2) is 10.0. The van der Waals surface area contributed by atoms with Crippen molar-refractivity contribution < 1.29 is 9.53 Å². The first-order chi connectivity index (χ1) is 13.6. The maximum Gasteiger partial charge on any atom is 0.230 e. The van der Waals surface area contributed by atoms with Crippen molar-refractivity contribution in [2.24, 2.45) is 0 Å². The molecule has 3 aromatic rings. The minimum absolute atomic E-state index is 0.0807. The monoisotopic (exact) mass is 417 g/mol. The van der Waals surface area contributed by atoms with Gasteiger partial charge in [-0.05, 0) is 36.2 Å². The van der Waals surface area contributed by atoms with Gasteiger partial charge in [0, 0.05) is 11.6 Å². The lowest BCUT2D eigenvalue weighted by atomic mass is 10.1. The molecule has 1 heterocycles.